The minimum atomic E-state index is 0.413. The molecule has 0 unspecified atom stereocenters. The van der Waals surface area contributed by atoms with Gasteiger partial charge in [-0.25, -0.2) is 0 Å². The van der Waals surface area contributed by atoms with Crippen LogP contribution in [-0.2, 0) is 0 Å². The molecule has 19 heavy (non-hydrogen) atoms. The Bertz CT molecular complexity index is 411. The molecule has 106 valence electrons. The third kappa shape index (κ3) is 3.28. The number of piperazine rings is 1. The highest BCUT2D eigenvalue weighted by atomic mass is 16.5. The second-order valence-electron chi connectivity index (χ2n) is 5.62. The van der Waals surface area contributed by atoms with Crippen LogP contribution in [0, 0.1) is 0 Å². The molecular weight excluding hydrogens is 236 g/mol. The number of nitrogens with one attached hydrogen (secondary N) is 1. The summed E-state index contributed by atoms with van der Waals surface area (Å²) in [6, 6.07) is 7.02. The van der Waals surface area contributed by atoms with Crippen molar-refractivity contribution in [3.63, 3.8) is 0 Å². The van der Waals surface area contributed by atoms with Gasteiger partial charge in [0.15, 0.2) is 0 Å². The van der Waals surface area contributed by atoms with Gasteiger partial charge in [-0.2, -0.15) is 0 Å². The Hall–Kier alpha value is -1.06. The first-order chi connectivity index (χ1) is 9.13. The lowest BCUT2D eigenvalue weighted by Gasteiger charge is -2.34. The number of benzene rings is 1. The third-order valence-corrected chi connectivity index (χ3v) is 4.07. The van der Waals surface area contributed by atoms with Crippen molar-refractivity contribution in [3.05, 3.63) is 29.3 Å². The first-order valence-corrected chi connectivity index (χ1v) is 7.26. The molecule has 3 nitrogen and oxygen atoms in total. The summed E-state index contributed by atoms with van der Waals surface area (Å²) >= 11 is 0. The van der Waals surface area contributed by atoms with Crippen molar-refractivity contribution < 1.29 is 4.74 Å². The maximum Gasteiger partial charge on any atom is 0.123 e. The summed E-state index contributed by atoms with van der Waals surface area (Å²) in [5, 5.41) is 3.41. The Balaban J connectivity index is 2.27. The minimum absolute atomic E-state index is 0.413. The molecule has 1 aliphatic rings. The number of ether oxygens (including phenoxy) is 1. The van der Waals surface area contributed by atoms with Crippen LogP contribution in [-0.4, -0.2) is 38.2 Å². The molecule has 0 aromatic heterocycles. The maximum atomic E-state index is 5.55. The highest BCUT2D eigenvalue weighted by molar-refractivity contribution is 5.40. The third-order valence-electron chi connectivity index (χ3n) is 4.07. The number of nitrogens with zero attached hydrogens (tertiary/aromatic N) is 1. The van der Waals surface area contributed by atoms with Gasteiger partial charge in [0, 0.05) is 37.8 Å². The second-order valence-corrected chi connectivity index (χ2v) is 5.62. The lowest BCUT2D eigenvalue weighted by molar-refractivity contribution is 0.182. The number of hydrogen-bond donors (Lipinski definition) is 1. The topological polar surface area (TPSA) is 24.5 Å². The Kier molecular flexibility index (Phi) is 4.83. The van der Waals surface area contributed by atoms with Crippen LogP contribution in [0.2, 0.25) is 0 Å². The van der Waals surface area contributed by atoms with E-state index in [-0.39, 0.29) is 0 Å². The summed E-state index contributed by atoms with van der Waals surface area (Å²) < 4.78 is 5.55. The van der Waals surface area contributed by atoms with Crippen LogP contribution in [0.1, 0.15) is 43.9 Å². The largest absolute Gasteiger partial charge is 0.496 e. The molecule has 1 aromatic carbocycles. The Morgan fingerprint density at radius 2 is 1.84 bits per heavy atom. The van der Waals surface area contributed by atoms with Crippen LogP contribution in [0.5, 0.6) is 5.75 Å². The highest BCUT2D eigenvalue weighted by Crippen LogP contribution is 2.32. The molecule has 1 saturated heterocycles. The first-order valence-electron chi connectivity index (χ1n) is 7.26. The molecule has 0 spiro atoms. The normalized spacial score (nSPS) is 18.6. The second kappa shape index (κ2) is 6.40. The molecule has 0 amide bonds. The van der Waals surface area contributed by atoms with Gasteiger partial charge >= 0.3 is 0 Å². The van der Waals surface area contributed by atoms with E-state index in [0.29, 0.717) is 12.0 Å². The summed E-state index contributed by atoms with van der Waals surface area (Å²) in [5.41, 5.74) is 2.70. The average Bonchev–Trinajstić information content (AvgIpc) is 2.46. The van der Waals surface area contributed by atoms with Crippen LogP contribution < -0.4 is 10.1 Å². The van der Waals surface area contributed by atoms with E-state index in [9.17, 15) is 0 Å². The number of hydrogen-bond acceptors (Lipinski definition) is 3. The molecule has 0 radical (unpaired) electrons. The maximum absolute atomic E-state index is 5.55. The lowest BCUT2D eigenvalue weighted by atomic mass is 9.96. The predicted molar refractivity (Wildman–Crippen MR) is 79.9 cm³/mol. The fourth-order valence-electron chi connectivity index (χ4n) is 2.70. The molecule has 1 fully saturated rings. The Labute approximate surface area is 116 Å². The van der Waals surface area contributed by atoms with Gasteiger partial charge in [0.1, 0.15) is 5.75 Å². The molecule has 0 bridgehead atoms. The molecule has 1 N–H and O–H groups in total. The SMILES string of the molecule is COc1ccc(C(C)C)cc1[C@H](C)N1CCNCC1. The average molecular weight is 262 g/mol. The standard InChI is InChI=1S/C16H26N2O/c1-12(2)14-5-6-16(19-4)15(11-14)13(3)18-9-7-17-8-10-18/h5-6,11-13,17H,7-10H2,1-4H3/t13-/m0/s1. The monoisotopic (exact) mass is 262 g/mol. The molecule has 1 aliphatic heterocycles. The zero-order valence-corrected chi connectivity index (χ0v) is 12.6. The molecular formula is C16H26N2O. The summed E-state index contributed by atoms with van der Waals surface area (Å²) in [5.74, 6) is 1.57. The van der Waals surface area contributed by atoms with Gasteiger partial charge in [0.2, 0.25) is 0 Å². The zero-order valence-electron chi connectivity index (χ0n) is 12.6. The first kappa shape index (κ1) is 14.4. The molecule has 2 rings (SSSR count). The smallest absolute Gasteiger partial charge is 0.123 e. The number of methoxy groups -OCH3 is 1. The quantitative estimate of drug-likeness (QED) is 0.903. The van der Waals surface area contributed by atoms with E-state index < -0.39 is 0 Å². The van der Waals surface area contributed by atoms with E-state index in [0.717, 1.165) is 31.9 Å². The molecule has 1 heterocycles. The van der Waals surface area contributed by atoms with E-state index in [1.54, 1.807) is 7.11 Å². The van der Waals surface area contributed by atoms with Crippen molar-refractivity contribution in [2.75, 3.05) is 33.3 Å². The van der Waals surface area contributed by atoms with Crippen LogP contribution in [0.15, 0.2) is 18.2 Å². The van der Waals surface area contributed by atoms with Gasteiger partial charge in [0.05, 0.1) is 7.11 Å². The Morgan fingerprint density at radius 1 is 1.16 bits per heavy atom. The summed E-state index contributed by atoms with van der Waals surface area (Å²) in [6.07, 6.45) is 0. The fourth-order valence-corrected chi connectivity index (χ4v) is 2.70. The van der Waals surface area contributed by atoms with E-state index in [1.165, 1.54) is 11.1 Å². The van der Waals surface area contributed by atoms with Crippen LogP contribution >= 0.6 is 0 Å². The predicted octanol–water partition coefficient (Wildman–Crippen LogP) is 2.78. The molecule has 3 heteroatoms. The van der Waals surface area contributed by atoms with Crippen LogP contribution in [0.25, 0.3) is 0 Å². The number of rotatable bonds is 4. The van der Waals surface area contributed by atoms with E-state index in [2.05, 4.69) is 49.2 Å². The van der Waals surface area contributed by atoms with Gasteiger partial charge in [-0.1, -0.05) is 26.0 Å². The van der Waals surface area contributed by atoms with Gasteiger partial charge in [0.25, 0.3) is 0 Å². The van der Waals surface area contributed by atoms with Gasteiger partial charge < -0.3 is 10.1 Å². The van der Waals surface area contributed by atoms with Crippen LogP contribution in [0.4, 0.5) is 0 Å². The molecule has 1 aromatic rings. The highest BCUT2D eigenvalue weighted by Gasteiger charge is 2.21. The van der Waals surface area contributed by atoms with Crippen molar-refractivity contribution in [2.45, 2.75) is 32.7 Å². The molecule has 1 atom stereocenters. The van der Waals surface area contributed by atoms with E-state index in [1.807, 2.05) is 0 Å². The summed E-state index contributed by atoms with van der Waals surface area (Å²) in [7, 11) is 1.76. The van der Waals surface area contributed by atoms with Crippen molar-refractivity contribution in [1.82, 2.24) is 10.2 Å². The fraction of sp³-hybridized carbons (Fsp3) is 0.625. The lowest BCUT2D eigenvalue weighted by Crippen LogP contribution is -2.44. The minimum Gasteiger partial charge on any atom is -0.496 e. The van der Waals surface area contributed by atoms with Gasteiger partial charge in [-0.15, -0.1) is 0 Å². The van der Waals surface area contributed by atoms with E-state index in [4.69, 9.17) is 4.74 Å². The van der Waals surface area contributed by atoms with E-state index >= 15 is 0 Å². The Morgan fingerprint density at radius 3 is 2.42 bits per heavy atom. The summed E-state index contributed by atoms with van der Waals surface area (Å²) in [6.45, 7) is 11.1. The van der Waals surface area contributed by atoms with Gasteiger partial charge in [-0.05, 0) is 24.5 Å². The van der Waals surface area contributed by atoms with Crippen molar-refractivity contribution >= 4 is 0 Å². The zero-order chi connectivity index (χ0) is 13.8. The molecule has 0 saturated carbocycles. The van der Waals surface area contributed by atoms with Crippen molar-refractivity contribution in [3.8, 4) is 5.75 Å². The van der Waals surface area contributed by atoms with Gasteiger partial charge in [-0.3, -0.25) is 4.90 Å². The van der Waals surface area contributed by atoms with Crippen molar-refractivity contribution in [1.29, 1.82) is 0 Å². The summed E-state index contributed by atoms with van der Waals surface area (Å²) in [4.78, 5) is 2.53. The van der Waals surface area contributed by atoms with Crippen molar-refractivity contribution in [2.24, 2.45) is 0 Å². The van der Waals surface area contributed by atoms with Crippen LogP contribution in [0.3, 0.4) is 0 Å². The molecule has 0 aliphatic carbocycles.